The van der Waals surface area contributed by atoms with Gasteiger partial charge in [-0.05, 0) is 59.5 Å². The van der Waals surface area contributed by atoms with Gasteiger partial charge in [-0.3, -0.25) is 9.59 Å². The Bertz CT molecular complexity index is 1350. The molecule has 6 rings (SSSR count). The number of anilines is 2. The first-order valence-corrected chi connectivity index (χ1v) is 11.4. The summed E-state index contributed by atoms with van der Waals surface area (Å²) in [6.45, 7) is 0.731. The predicted octanol–water partition coefficient (Wildman–Crippen LogP) is 4.39. The van der Waals surface area contributed by atoms with Crippen LogP contribution in [-0.2, 0) is 16.0 Å². The second-order valence-electron chi connectivity index (χ2n) is 8.74. The zero-order valence-corrected chi connectivity index (χ0v) is 19.0. The van der Waals surface area contributed by atoms with Crippen molar-refractivity contribution in [3.05, 3.63) is 89.0 Å². The van der Waals surface area contributed by atoms with Crippen molar-refractivity contribution < 1.29 is 19.1 Å². The molecule has 3 aromatic carbocycles. The van der Waals surface area contributed by atoms with E-state index < -0.39 is 5.92 Å². The molecular weight excluding hydrogens is 428 g/mol. The van der Waals surface area contributed by atoms with Crippen LogP contribution in [0.2, 0.25) is 0 Å². The first-order chi connectivity index (χ1) is 16.6. The summed E-state index contributed by atoms with van der Waals surface area (Å²) < 4.78 is 11.2. The number of methoxy groups -OCH3 is 2. The number of amides is 2. The molecular formula is C28H24N2O4. The van der Waals surface area contributed by atoms with E-state index in [1.54, 1.807) is 26.4 Å². The highest BCUT2D eigenvalue weighted by Gasteiger charge is 2.52. The highest BCUT2D eigenvalue weighted by atomic mass is 16.5. The number of para-hydroxylation sites is 2. The van der Waals surface area contributed by atoms with E-state index in [9.17, 15) is 9.59 Å². The lowest BCUT2D eigenvalue weighted by Crippen LogP contribution is -2.42. The van der Waals surface area contributed by atoms with E-state index in [-0.39, 0.29) is 17.9 Å². The van der Waals surface area contributed by atoms with Gasteiger partial charge in [0, 0.05) is 17.8 Å². The number of imide groups is 1. The van der Waals surface area contributed by atoms with E-state index in [1.165, 1.54) is 4.90 Å². The Hall–Kier alpha value is -4.06. The summed E-state index contributed by atoms with van der Waals surface area (Å²) in [4.78, 5) is 31.3. The molecule has 0 aromatic heterocycles. The summed E-state index contributed by atoms with van der Waals surface area (Å²) in [5.41, 5.74) is 5.20. The van der Waals surface area contributed by atoms with Gasteiger partial charge in [0.15, 0.2) is 11.5 Å². The van der Waals surface area contributed by atoms with Crippen molar-refractivity contribution in [3.63, 3.8) is 0 Å². The van der Waals surface area contributed by atoms with Gasteiger partial charge in [0.25, 0.3) is 5.91 Å². The summed E-state index contributed by atoms with van der Waals surface area (Å²) in [7, 11) is 3.24. The van der Waals surface area contributed by atoms with Crippen LogP contribution in [0.4, 0.5) is 11.4 Å². The quantitative estimate of drug-likeness (QED) is 0.552. The number of hydrogen-bond donors (Lipinski definition) is 0. The van der Waals surface area contributed by atoms with Crippen molar-refractivity contribution in [1.29, 1.82) is 0 Å². The maximum absolute atomic E-state index is 14.0. The van der Waals surface area contributed by atoms with Crippen LogP contribution in [0.3, 0.4) is 0 Å². The molecule has 0 bridgehead atoms. The standard InChI is InChI=1S/C28H24N2O4/c1-33-23-15-17-12-13-29-22-11-7-6-8-18(22)14-21-25(26(29)20(17)16-24(23)34-2)28(32)30(27(21)31)19-9-4-3-5-10-19/h3-11,14-16,25-26H,12-13H2,1-2H3. The molecule has 6 nitrogen and oxygen atoms in total. The molecule has 3 aromatic rings. The SMILES string of the molecule is COc1cc2c(cc1OC)C1C3C(=O)N(c4ccccc4)C(=O)C3=Cc3ccccc3N1CC2. The van der Waals surface area contributed by atoms with Gasteiger partial charge < -0.3 is 14.4 Å². The third-order valence-corrected chi connectivity index (χ3v) is 7.08. The minimum Gasteiger partial charge on any atom is -0.493 e. The number of ether oxygens (including phenoxy) is 2. The highest BCUT2D eigenvalue weighted by Crippen LogP contribution is 2.50. The molecule has 2 atom stereocenters. The predicted molar refractivity (Wildman–Crippen MR) is 130 cm³/mol. The first kappa shape index (κ1) is 20.5. The Balaban J connectivity index is 1.59. The lowest BCUT2D eigenvalue weighted by Gasteiger charge is -2.41. The summed E-state index contributed by atoms with van der Waals surface area (Å²) in [5, 5.41) is 0. The van der Waals surface area contributed by atoms with Gasteiger partial charge >= 0.3 is 0 Å². The summed E-state index contributed by atoms with van der Waals surface area (Å²) in [6.07, 6.45) is 2.70. The Morgan fingerprint density at radius 2 is 1.59 bits per heavy atom. The van der Waals surface area contributed by atoms with Crippen LogP contribution >= 0.6 is 0 Å². The number of carbonyl (C=O) groups excluding carboxylic acids is 2. The fourth-order valence-electron chi connectivity index (χ4n) is 5.56. The van der Waals surface area contributed by atoms with Gasteiger partial charge in [0.05, 0.1) is 31.9 Å². The van der Waals surface area contributed by atoms with E-state index in [2.05, 4.69) is 11.0 Å². The largest absolute Gasteiger partial charge is 0.493 e. The normalized spacial score (nSPS) is 20.6. The van der Waals surface area contributed by atoms with Crippen LogP contribution in [0.1, 0.15) is 22.7 Å². The van der Waals surface area contributed by atoms with E-state index in [0.717, 1.165) is 35.3 Å². The van der Waals surface area contributed by atoms with Crippen LogP contribution < -0.4 is 19.3 Å². The van der Waals surface area contributed by atoms with Crippen LogP contribution in [0.25, 0.3) is 6.08 Å². The van der Waals surface area contributed by atoms with Crippen molar-refractivity contribution in [2.75, 3.05) is 30.6 Å². The van der Waals surface area contributed by atoms with Crippen LogP contribution in [0.15, 0.2) is 72.3 Å². The van der Waals surface area contributed by atoms with Crippen molar-refractivity contribution >= 4 is 29.3 Å². The molecule has 6 heteroatoms. The Kier molecular flexibility index (Phi) is 4.69. The highest BCUT2D eigenvalue weighted by molar-refractivity contribution is 6.31. The summed E-state index contributed by atoms with van der Waals surface area (Å²) >= 11 is 0. The van der Waals surface area contributed by atoms with Gasteiger partial charge in [-0.25, -0.2) is 4.90 Å². The second kappa shape index (κ2) is 7.76. The molecule has 3 aliphatic heterocycles. The summed E-state index contributed by atoms with van der Waals surface area (Å²) in [5.74, 6) is 0.192. The molecule has 2 amide bonds. The molecule has 170 valence electrons. The number of benzene rings is 3. The minimum absolute atomic E-state index is 0.201. The van der Waals surface area contributed by atoms with Crippen molar-refractivity contribution in [2.24, 2.45) is 5.92 Å². The number of fused-ring (bicyclic) bond motifs is 7. The van der Waals surface area contributed by atoms with E-state index in [1.807, 2.05) is 54.6 Å². The average Bonchev–Trinajstić information content (AvgIpc) is 3.02. The Morgan fingerprint density at radius 1 is 0.882 bits per heavy atom. The smallest absolute Gasteiger partial charge is 0.261 e. The van der Waals surface area contributed by atoms with Gasteiger partial charge in [-0.2, -0.15) is 0 Å². The molecule has 1 saturated heterocycles. The monoisotopic (exact) mass is 452 g/mol. The van der Waals surface area contributed by atoms with E-state index in [0.29, 0.717) is 22.8 Å². The van der Waals surface area contributed by atoms with Crippen LogP contribution in [0, 0.1) is 5.92 Å². The molecule has 2 unspecified atom stereocenters. The fraction of sp³-hybridized carbons (Fsp3) is 0.214. The molecule has 0 N–H and O–H groups in total. The number of carbonyl (C=O) groups is 2. The van der Waals surface area contributed by atoms with Crippen LogP contribution in [0.5, 0.6) is 11.5 Å². The topological polar surface area (TPSA) is 59.1 Å². The lowest BCUT2D eigenvalue weighted by atomic mass is 9.82. The number of nitrogens with zero attached hydrogens (tertiary/aromatic N) is 2. The van der Waals surface area contributed by atoms with E-state index in [4.69, 9.17) is 9.47 Å². The third kappa shape index (κ3) is 2.88. The molecule has 3 heterocycles. The Labute approximate surface area is 198 Å². The third-order valence-electron chi connectivity index (χ3n) is 7.08. The maximum Gasteiger partial charge on any atom is 0.261 e. The van der Waals surface area contributed by atoms with Gasteiger partial charge in [0.2, 0.25) is 5.91 Å². The van der Waals surface area contributed by atoms with Crippen molar-refractivity contribution in [3.8, 4) is 11.5 Å². The minimum atomic E-state index is -0.628. The zero-order valence-electron chi connectivity index (χ0n) is 19.0. The molecule has 3 aliphatic rings. The lowest BCUT2D eigenvalue weighted by molar-refractivity contribution is -0.122. The van der Waals surface area contributed by atoms with Gasteiger partial charge in [-0.1, -0.05) is 36.4 Å². The second-order valence-corrected chi connectivity index (χ2v) is 8.74. The number of hydrogen-bond acceptors (Lipinski definition) is 5. The first-order valence-electron chi connectivity index (χ1n) is 11.4. The van der Waals surface area contributed by atoms with E-state index >= 15 is 0 Å². The van der Waals surface area contributed by atoms with Crippen molar-refractivity contribution in [2.45, 2.75) is 12.5 Å². The Morgan fingerprint density at radius 3 is 2.35 bits per heavy atom. The fourth-order valence-corrected chi connectivity index (χ4v) is 5.56. The molecule has 0 radical (unpaired) electrons. The molecule has 0 spiro atoms. The maximum atomic E-state index is 14.0. The number of rotatable bonds is 3. The van der Waals surface area contributed by atoms with Crippen LogP contribution in [-0.4, -0.2) is 32.6 Å². The molecule has 1 fully saturated rings. The molecule has 0 aliphatic carbocycles. The molecule has 0 saturated carbocycles. The van der Waals surface area contributed by atoms with Gasteiger partial charge in [-0.15, -0.1) is 0 Å². The van der Waals surface area contributed by atoms with Gasteiger partial charge in [0.1, 0.15) is 0 Å². The zero-order chi connectivity index (χ0) is 23.4. The molecule has 34 heavy (non-hydrogen) atoms. The summed E-state index contributed by atoms with van der Waals surface area (Å²) in [6, 6.07) is 20.8. The van der Waals surface area contributed by atoms with Crippen molar-refractivity contribution in [1.82, 2.24) is 0 Å². The average molecular weight is 453 g/mol.